The van der Waals surface area contributed by atoms with E-state index in [1.54, 1.807) is 62.8 Å². The first-order chi connectivity index (χ1) is 15.9. The highest BCUT2D eigenvalue weighted by atomic mass is 16.6. The molecule has 0 atom stereocenters. The van der Waals surface area contributed by atoms with Gasteiger partial charge in [-0.2, -0.15) is 5.26 Å². The Morgan fingerprint density at radius 3 is 2.33 bits per heavy atom. The average Bonchev–Trinajstić information content (AvgIpc) is 2.84. The van der Waals surface area contributed by atoms with E-state index in [0.717, 1.165) is 16.7 Å². The van der Waals surface area contributed by atoms with Gasteiger partial charge in [0, 0.05) is 0 Å². The fourth-order valence-corrected chi connectivity index (χ4v) is 3.16. The van der Waals surface area contributed by atoms with Crippen LogP contribution in [0.3, 0.4) is 0 Å². The van der Waals surface area contributed by atoms with Crippen LogP contribution in [0, 0.1) is 25.2 Å². The maximum absolute atomic E-state index is 12.2. The molecule has 6 nitrogen and oxygen atoms in total. The van der Waals surface area contributed by atoms with Crippen molar-refractivity contribution in [1.82, 2.24) is 0 Å². The minimum atomic E-state index is -0.498. The van der Waals surface area contributed by atoms with Gasteiger partial charge < -0.3 is 18.9 Å². The van der Waals surface area contributed by atoms with Gasteiger partial charge in [-0.05, 0) is 78.6 Å². The molecule has 33 heavy (non-hydrogen) atoms. The van der Waals surface area contributed by atoms with Crippen molar-refractivity contribution in [3.63, 3.8) is 0 Å². The maximum atomic E-state index is 12.2. The summed E-state index contributed by atoms with van der Waals surface area (Å²) in [7, 11) is 3.10. The molecule has 0 saturated carbocycles. The normalized spacial score (nSPS) is 10.8. The summed E-state index contributed by atoms with van der Waals surface area (Å²) < 4.78 is 21.5. The summed E-state index contributed by atoms with van der Waals surface area (Å²) in [6, 6.07) is 20.1. The van der Waals surface area contributed by atoms with E-state index < -0.39 is 5.97 Å². The molecular formula is C27H25NO5. The smallest absolute Gasteiger partial charge is 0.349 e. The number of hydrogen-bond acceptors (Lipinski definition) is 6. The molecule has 0 amide bonds. The second-order valence-electron chi connectivity index (χ2n) is 7.27. The molecule has 3 aromatic carbocycles. The van der Waals surface area contributed by atoms with E-state index in [-0.39, 0.29) is 6.61 Å². The van der Waals surface area contributed by atoms with Crippen LogP contribution >= 0.6 is 0 Å². The van der Waals surface area contributed by atoms with Crippen LogP contribution in [0.4, 0.5) is 0 Å². The van der Waals surface area contributed by atoms with Crippen molar-refractivity contribution < 1.29 is 23.7 Å². The summed E-state index contributed by atoms with van der Waals surface area (Å²) >= 11 is 0. The van der Waals surface area contributed by atoms with Crippen molar-refractivity contribution in [1.29, 1.82) is 5.26 Å². The lowest BCUT2D eigenvalue weighted by atomic mass is 10.0. The number of methoxy groups -OCH3 is 2. The number of benzene rings is 3. The number of hydrogen-bond donors (Lipinski definition) is 0. The highest BCUT2D eigenvalue weighted by Gasteiger charge is 2.10. The van der Waals surface area contributed by atoms with Crippen molar-refractivity contribution in [2.45, 2.75) is 13.8 Å². The van der Waals surface area contributed by atoms with Crippen LogP contribution in [-0.2, 0) is 4.79 Å². The van der Waals surface area contributed by atoms with E-state index in [9.17, 15) is 10.1 Å². The SMILES string of the molecule is COc1ccc(/C(C#N)=C\c2ccc(OC(=O)COc3cccc(C)c3C)cc2)cc1OC. The first-order valence-electron chi connectivity index (χ1n) is 10.3. The molecule has 3 aromatic rings. The Balaban J connectivity index is 1.66. The predicted octanol–water partition coefficient (Wildman–Crippen LogP) is 5.37. The molecule has 0 N–H and O–H groups in total. The zero-order valence-electron chi connectivity index (χ0n) is 19.0. The molecule has 0 aliphatic rings. The average molecular weight is 443 g/mol. The summed E-state index contributed by atoms with van der Waals surface area (Å²) in [5.41, 5.74) is 4.03. The van der Waals surface area contributed by atoms with Gasteiger partial charge in [-0.3, -0.25) is 0 Å². The van der Waals surface area contributed by atoms with Crippen molar-refractivity contribution >= 4 is 17.6 Å². The van der Waals surface area contributed by atoms with Crippen molar-refractivity contribution in [3.05, 3.63) is 82.9 Å². The third-order valence-electron chi connectivity index (χ3n) is 5.14. The minimum Gasteiger partial charge on any atom is -0.493 e. The van der Waals surface area contributed by atoms with Crippen LogP contribution in [0.1, 0.15) is 22.3 Å². The Labute approximate surface area is 193 Å². The van der Waals surface area contributed by atoms with Crippen molar-refractivity contribution in [2.75, 3.05) is 20.8 Å². The van der Waals surface area contributed by atoms with E-state index in [1.165, 1.54) is 0 Å². The van der Waals surface area contributed by atoms with E-state index in [1.807, 2.05) is 32.0 Å². The largest absolute Gasteiger partial charge is 0.493 e. The molecule has 0 saturated heterocycles. The standard InChI is InChI=1S/C27H25NO5/c1-18-6-5-7-24(19(18)2)32-17-27(29)33-23-11-8-20(9-12-23)14-22(16-28)21-10-13-25(30-3)26(15-21)31-4/h5-15H,17H2,1-4H3/b22-14-. The first-order valence-corrected chi connectivity index (χ1v) is 10.3. The predicted molar refractivity (Wildman–Crippen MR) is 127 cm³/mol. The van der Waals surface area contributed by atoms with Crippen LogP contribution < -0.4 is 18.9 Å². The molecule has 6 heteroatoms. The monoisotopic (exact) mass is 443 g/mol. The summed E-state index contributed by atoms with van der Waals surface area (Å²) in [5.74, 6) is 1.69. The van der Waals surface area contributed by atoms with Crippen molar-refractivity contribution in [2.24, 2.45) is 0 Å². The number of nitriles is 1. The van der Waals surface area contributed by atoms with Crippen LogP contribution in [0.15, 0.2) is 60.7 Å². The van der Waals surface area contributed by atoms with Gasteiger partial charge in [0.15, 0.2) is 18.1 Å². The van der Waals surface area contributed by atoms with E-state index in [2.05, 4.69) is 6.07 Å². The van der Waals surface area contributed by atoms with Gasteiger partial charge in [-0.15, -0.1) is 0 Å². The molecule has 0 aliphatic carbocycles. The molecule has 0 bridgehead atoms. The molecule has 168 valence electrons. The van der Waals surface area contributed by atoms with Gasteiger partial charge >= 0.3 is 5.97 Å². The molecule has 0 radical (unpaired) electrons. The summed E-state index contributed by atoms with van der Waals surface area (Å²) in [5, 5.41) is 9.62. The molecule has 0 fully saturated rings. The van der Waals surface area contributed by atoms with Crippen LogP contribution in [0.5, 0.6) is 23.0 Å². The highest BCUT2D eigenvalue weighted by molar-refractivity contribution is 5.90. The molecular weight excluding hydrogens is 418 g/mol. The fraction of sp³-hybridized carbons (Fsp3) is 0.185. The molecule has 0 aromatic heterocycles. The van der Waals surface area contributed by atoms with Gasteiger partial charge in [0.2, 0.25) is 0 Å². The Hall–Kier alpha value is -4.24. The topological polar surface area (TPSA) is 77.8 Å². The third-order valence-corrected chi connectivity index (χ3v) is 5.14. The Morgan fingerprint density at radius 2 is 1.67 bits per heavy atom. The lowest BCUT2D eigenvalue weighted by Crippen LogP contribution is -2.18. The van der Waals surface area contributed by atoms with E-state index in [4.69, 9.17) is 18.9 Å². The Bertz CT molecular complexity index is 1210. The molecule has 0 unspecified atom stereocenters. The maximum Gasteiger partial charge on any atom is 0.349 e. The number of carbonyl (C=O) groups excluding carboxylic acids is 1. The summed E-state index contributed by atoms with van der Waals surface area (Å²) in [4.78, 5) is 12.2. The summed E-state index contributed by atoms with van der Waals surface area (Å²) in [6.45, 7) is 3.74. The van der Waals surface area contributed by atoms with E-state index >= 15 is 0 Å². The number of nitrogens with zero attached hydrogens (tertiary/aromatic N) is 1. The van der Waals surface area contributed by atoms with Crippen LogP contribution in [0.25, 0.3) is 11.6 Å². The van der Waals surface area contributed by atoms with Gasteiger partial charge in [0.05, 0.1) is 25.9 Å². The third kappa shape index (κ3) is 5.92. The zero-order valence-corrected chi connectivity index (χ0v) is 19.0. The molecule has 0 spiro atoms. The van der Waals surface area contributed by atoms with Crippen molar-refractivity contribution in [3.8, 4) is 29.1 Å². The fourth-order valence-electron chi connectivity index (χ4n) is 3.16. The number of ether oxygens (including phenoxy) is 4. The first kappa shape index (κ1) is 23.4. The minimum absolute atomic E-state index is 0.191. The molecule has 0 aliphatic heterocycles. The van der Waals surface area contributed by atoms with Gasteiger partial charge in [-0.1, -0.05) is 24.3 Å². The van der Waals surface area contributed by atoms with Gasteiger partial charge in [0.1, 0.15) is 11.5 Å². The number of esters is 1. The second-order valence-corrected chi connectivity index (χ2v) is 7.27. The van der Waals surface area contributed by atoms with Crippen LogP contribution in [-0.4, -0.2) is 26.8 Å². The quantitative estimate of drug-likeness (QED) is 0.202. The Morgan fingerprint density at radius 1 is 0.939 bits per heavy atom. The summed E-state index contributed by atoms with van der Waals surface area (Å²) in [6.07, 6.45) is 1.75. The highest BCUT2D eigenvalue weighted by Crippen LogP contribution is 2.31. The number of aryl methyl sites for hydroxylation is 1. The number of carbonyl (C=O) groups is 1. The Kier molecular flexibility index (Phi) is 7.72. The second kappa shape index (κ2) is 10.9. The molecule has 0 heterocycles. The lowest BCUT2D eigenvalue weighted by Gasteiger charge is -2.10. The lowest BCUT2D eigenvalue weighted by molar-refractivity contribution is -0.136. The molecule has 3 rings (SSSR count). The van der Waals surface area contributed by atoms with Gasteiger partial charge in [-0.25, -0.2) is 4.79 Å². The number of allylic oxidation sites excluding steroid dienone is 1. The van der Waals surface area contributed by atoms with E-state index in [0.29, 0.717) is 34.1 Å². The number of rotatable bonds is 8. The van der Waals surface area contributed by atoms with Gasteiger partial charge in [0.25, 0.3) is 0 Å². The zero-order chi connectivity index (χ0) is 23.8. The van der Waals surface area contributed by atoms with Crippen LogP contribution in [0.2, 0.25) is 0 Å².